The molecule has 154 valence electrons. The number of carbonyl (C=O) groups is 2. The van der Waals surface area contributed by atoms with Gasteiger partial charge in [-0.1, -0.05) is 36.4 Å². The van der Waals surface area contributed by atoms with Crippen LogP contribution in [-0.2, 0) is 11.3 Å². The van der Waals surface area contributed by atoms with Gasteiger partial charge < -0.3 is 14.5 Å². The molecule has 2 aromatic carbocycles. The summed E-state index contributed by atoms with van der Waals surface area (Å²) in [6.45, 7) is 4.48. The van der Waals surface area contributed by atoms with Crippen LogP contribution in [0.15, 0.2) is 72.1 Å². The van der Waals surface area contributed by atoms with Gasteiger partial charge in [-0.3, -0.25) is 9.59 Å². The number of quaternary nitrogens is 1. The first-order valence-corrected chi connectivity index (χ1v) is 11.0. The monoisotopic (exact) mass is 421 g/mol. The van der Waals surface area contributed by atoms with Crippen LogP contribution in [0.3, 0.4) is 0 Å². The zero-order valence-corrected chi connectivity index (χ0v) is 17.6. The molecule has 30 heavy (non-hydrogen) atoms. The van der Waals surface area contributed by atoms with E-state index in [1.165, 1.54) is 9.78 Å². The van der Waals surface area contributed by atoms with E-state index in [0.29, 0.717) is 16.9 Å². The molecule has 1 aliphatic heterocycles. The standard InChI is InChI=1S/C24H24N2O3S/c27-23(26-14-12-25(13-15-26)17-22-7-4-16-30-22)18-29-21-10-8-20(9-11-21)24(28)19-5-2-1-3-6-19/h1-11,16H,12-15,17-18H2/p+1. The molecule has 0 saturated carbocycles. The number of benzene rings is 2. The Hall–Kier alpha value is -2.96. The Bertz CT molecular complexity index is 963. The Morgan fingerprint density at radius 3 is 2.27 bits per heavy atom. The molecule has 1 amide bonds. The van der Waals surface area contributed by atoms with Gasteiger partial charge in [0, 0.05) is 11.1 Å². The fourth-order valence-corrected chi connectivity index (χ4v) is 4.38. The Morgan fingerprint density at radius 1 is 0.900 bits per heavy atom. The molecule has 0 bridgehead atoms. The van der Waals surface area contributed by atoms with Crippen molar-refractivity contribution in [2.75, 3.05) is 32.8 Å². The van der Waals surface area contributed by atoms with E-state index < -0.39 is 0 Å². The van der Waals surface area contributed by atoms with Crippen LogP contribution in [0, 0.1) is 0 Å². The maximum Gasteiger partial charge on any atom is 0.260 e. The van der Waals surface area contributed by atoms with Crippen LogP contribution in [0.25, 0.3) is 0 Å². The molecule has 1 aromatic heterocycles. The summed E-state index contributed by atoms with van der Waals surface area (Å²) >= 11 is 1.79. The number of ketones is 1. The van der Waals surface area contributed by atoms with Crippen molar-refractivity contribution >= 4 is 23.0 Å². The van der Waals surface area contributed by atoms with E-state index in [9.17, 15) is 9.59 Å². The SMILES string of the molecule is O=C(c1ccccc1)c1ccc(OCC(=O)N2CC[NH+](Cc3cccs3)CC2)cc1. The number of hydrogen-bond acceptors (Lipinski definition) is 4. The van der Waals surface area contributed by atoms with E-state index >= 15 is 0 Å². The van der Waals surface area contributed by atoms with Crippen molar-refractivity contribution < 1.29 is 19.2 Å². The summed E-state index contributed by atoms with van der Waals surface area (Å²) in [6, 6.07) is 20.4. The number of carbonyl (C=O) groups excluding carboxylic acids is 2. The van der Waals surface area contributed by atoms with Crippen LogP contribution in [0.2, 0.25) is 0 Å². The number of thiophene rings is 1. The van der Waals surface area contributed by atoms with Crippen LogP contribution >= 0.6 is 11.3 Å². The lowest BCUT2D eigenvalue weighted by Gasteiger charge is -2.32. The summed E-state index contributed by atoms with van der Waals surface area (Å²) in [7, 11) is 0. The minimum atomic E-state index is -0.0267. The second-order valence-electron chi connectivity index (χ2n) is 7.40. The van der Waals surface area contributed by atoms with Gasteiger partial charge in [0.05, 0.1) is 31.1 Å². The summed E-state index contributed by atoms with van der Waals surface area (Å²) < 4.78 is 5.67. The van der Waals surface area contributed by atoms with Crippen LogP contribution in [0.4, 0.5) is 0 Å². The summed E-state index contributed by atoms with van der Waals surface area (Å²) in [4.78, 5) is 29.7. The number of hydrogen-bond donors (Lipinski definition) is 1. The Morgan fingerprint density at radius 2 is 1.60 bits per heavy atom. The molecule has 5 nitrogen and oxygen atoms in total. The molecule has 1 N–H and O–H groups in total. The van der Waals surface area contributed by atoms with Gasteiger partial charge in [-0.15, -0.1) is 11.3 Å². The molecule has 6 heteroatoms. The molecule has 0 spiro atoms. The van der Waals surface area contributed by atoms with Gasteiger partial charge in [0.2, 0.25) is 0 Å². The zero-order chi connectivity index (χ0) is 20.8. The van der Waals surface area contributed by atoms with Gasteiger partial charge in [0.25, 0.3) is 5.91 Å². The van der Waals surface area contributed by atoms with Gasteiger partial charge in [0.15, 0.2) is 12.4 Å². The highest BCUT2D eigenvalue weighted by molar-refractivity contribution is 7.09. The first kappa shape index (κ1) is 20.3. The summed E-state index contributed by atoms with van der Waals surface area (Å²) in [6.07, 6.45) is 0. The molecule has 1 aliphatic rings. The number of rotatable bonds is 7. The number of piperazine rings is 1. The third-order valence-corrected chi connectivity index (χ3v) is 6.22. The molecular weight excluding hydrogens is 396 g/mol. The average molecular weight is 422 g/mol. The van der Waals surface area contributed by atoms with Gasteiger partial charge in [-0.2, -0.15) is 0 Å². The predicted octanol–water partition coefficient (Wildman–Crippen LogP) is 2.29. The Labute approximate surface area is 180 Å². The first-order valence-electron chi connectivity index (χ1n) is 10.2. The largest absolute Gasteiger partial charge is 0.484 e. The van der Waals surface area contributed by atoms with E-state index in [1.54, 1.807) is 47.7 Å². The van der Waals surface area contributed by atoms with E-state index in [2.05, 4.69) is 17.5 Å². The van der Waals surface area contributed by atoms with Crippen molar-refractivity contribution in [3.63, 3.8) is 0 Å². The van der Waals surface area contributed by atoms with E-state index in [4.69, 9.17) is 4.74 Å². The highest BCUT2D eigenvalue weighted by Gasteiger charge is 2.24. The van der Waals surface area contributed by atoms with Gasteiger partial charge in [-0.05, 0) is 35.7 Å². The lowest BCUT2D eigenvalue weighted by molar-refractivity contribution is -0.917. The maximum absolute atomic E-state index is 12.5. The fraction of sp³-hybridized carbons (Fsp3) is 0.250. The minimum Gasteiger partial charge on any atom is -0.484 e. The zero-order valence-electron chi connectivity index (χ0n) is 16.8. The molecule has 0 radical (unpaired) electrons. The quantitative estimate of drug-likeness (QED) is 0.596. The predicted molar refractivity (Wildman–Crippen MR) is 117 cm³/mol. The van der Waals surface area contributed by atoms with Crippen molar-refractivity contribution in [2.45, 2.75) is 6.54 Å². The highest BCUT2D eigenvalue weighted by Crippen LogP contribution is 2.15. The molecule has 0 atom stereocenters. The van der Waals surface area contributed by atoms with Gasteiger partial charge >= 0.3 is 0 Å². The third-order valence-electron chi connectivity index (χ3n) is 5.34. The molecule has 1 fully saturated rings. The Balaban J connectivity index is 1.24. The molecule has 2 heterocycles. The van der Waals surface area contributed by atoms with Crippen LogP contribution in [0.1, 0.15) is 20.8 Å². The topological polar surface area (TPSA) is 51.1 Å². The average Bonchev–Trinajstić information content (AvgIpc) is 3.31. The first-order chi connectivity index (χ1) is 14.7. The second kappa shape index (κ2) is 9.69. The lowest BCUT2D eigenvalue weighted by Crippen LogP contribution is -3.13. The van der Waals surface area contributed by atoms with Crippen LogP contribution in [0.5, 0.6) is 5.75 Å². The van der Waals surface area contributed by atoms with E-state index in [0.717, 1.165) is 32.7 Å². The molecular formula is C24H25N2O3S+. The summed E-state index contributed by atoms with van der Waals surface area (Å²) in [5, 5.41) is 2.11. The molecule has 3 aromatic rings. The molecule has 0 unspecified atom stereocenters. The number of amides is 1. The Kier molecular flexibility index (Phi) is 6.57. The highest BCUT2D eigenvalue weighted by atomic mass is 32.1. The summed E-state index contributed by atoms with van der Waals surface area (Å²) in [5.41, 5.74) is 1.26. The maximum atomic E-state index is 12.5. The van der Waals surface area contributed by atoms with Crippen molar-refractivity contribution in [1.29, 1.82) is 0 Å². The van der Waals surface area contributed by atoms with Crippen molar-refractivity contribution in [3.8, 4) is 5.75 Å². The summed E-state index contributed by atoms with van der Waals surface area (Å²) in [5.74, 6) is 0.575. The van der Waals surface area contributed by atoms with Gasteiger partial charge in [-0.25, -0.2) is 0 Å². The van der Waals surface area contributed by atoms with Crippen molar-refractivity contribution in [3.05, 3.63) is 88.1 Å². The second-order valence-corrected chi connectivity index (χ2v) is 8.43. The van der Waals surface area contributed by atoms with Crippen molar-refractivity contribution in [1.82, 2.24) is 4.90 Å². The molecule has 1 saturated heterocycles. The normalized spacial score (nSPS) is 14.5. The smallest absolute Gasteiger partial charge is 0.260 e. The lowest BCUT2D eigenvalue weighted by atomic mass is 10.0. The number of nitrogens with one attached hydrogen (secondary N) is 1. The minimum absolute atomic E-state index is 0.00890. The molecule has 4 rings (SSSR count). The number of ether oxygens (including phenoxy) is 1. The van der Waals surface area contributed by atoms with E-state index in [1.807, 2.05) is 23.1 Å². The van der Waals surface area contributed by atoms with Crippen molar-refractivity contribution in [2.24, 2.45) is 0 Å². The third kappa shape index (κ3) is 5.14. The number of nitrogens with zero attached hydrogens (tertiary/aromatic N) is 1. The fourth-order valence-electron chi connectivity index (χ4n) is 3.60. The van der Waals surface area contributed by atoms with Crippen LogP contribution in [-0.4, -0.2) is 49.4 Å². The molecule has 0 aliphatic carbocycles. The van der Waals surface area contributed by atoms with Gasteiger partial charge in [0.1, 0.15) is 12.3 Å². The van der Waals surface area contributed by atoms with E-state index in [-0.39, 0.29) is 18.3 Å². The van der Waals surface area contributed by atoms with Crippen LogP contribution < -0.4 is 9.64 Å².